The summed E-state index contributed by atoms with van der Waals surface area (Å²) in [7, 11) is 1.58. The molecule has 0 spiro atoms. The molecule has 2 atom stereocenters. The van der Waals surface area contributed by atoms with E-state index in [4.69, 9.17) is 0 Å². The van der Waals surface area contributed by atoms with Crippen molar-refractivity contribution >= 4 is 17.7 Å². The van der Waals surface area contributed by atoms with Gasteiger partial charge in [-0.05, 0) is 38.5 Å². The Morgan fingerprint density at radius 3 is 1.83 bits per heavy atom. The summed E-state index contributed by atoms with van der Waals surface area (Å²) in [5.74, 6) is -0.116. The fourth-order valence-electron chi connectivity index (χ4n) is 5.61. The Hall–Kier alpha value is -1.39. The van der Waals surface area contributed by atoms with Crippen molar-refractivity contribution in [3.8, 4) is 0 Å². The van der Waals surface area contributed by atoms with Crippen LogP contribution >= 0.6 is 0 Å². The van der Waals surface area contributed by atoms with Crippen LogP contribution in [-0.4, -0.2) is 47.7 Å². The molecule has 0 radical (unpaired) electrons. The first-order valence-electron chi connectivity index (χ1n) is 8.73. The summed E-state index contributed by atoms with van der Waals surface area (Å²) in [4.78, 5) is 41.8. The molecule has 0 aromatic carbocycles. The van der Waals surface area contributed by atoms with E-state index in [9.17, 15) is 14.4 Å². The third-order valence-corrected chi connectivity index (χ3v) is 6.14. The van der Waals surface area contributed by atoms with E-state index in [1.54, 1.807) is 7.05 Å². The number of likely N-dealkylation sites (tertiary alicyclic amines) is 2. The van der Waals surface area contributed by atoms with Crippen LogP contribution in [0.5, 0.6) is 0 Å². The zero-order valence-electron chi connectivity index (χ0n) is 14.8. The molecule has 2 heterocycles. The van der Waals surface area contributed by atoms with Gasteiger partial charge in [0.15, 0.2) is 0 Å². The molecule has 0 N–H and O–H groups in total. The molecule has 2 bridgehead atoms. The average Bonchev–Trinajstić information content (AvgIpc) is 2.50. The highest BCUT2D eigenvalue weighted by Crippen LogP contribution is 2.58. The van der Waals surface area contributed by atoms with E-state index in [0.717, 1.165) is 25.9 Å². The van der Waals surface area contributed by atoms with Crippen molar-refractivity contribution in [3.63, 3.8) is 0 Å². The maximum absolute atomic E-state index is 13.2. The fraction of sp³-hybridized carbons (Fsp3) is 0.833. The second kappa shape index (κ2) is 5.05. The zero-order chi connectivity index (χ0) is 17.0. The molecule has 3 fully saturated rings. The highest BCUT2D eigenvalue weighted by molar-refractivity contribution is 6.04. The van der Waals surface area contributed by atoms with Gasteiger partial charge in [0, 0.05) is 36.4 Å². The first kappa shape index (κ1) is 16.5. The van der Waals surface area contributed by atoms with Gasteiger partial charge in [0.2, 0.25) is 17.7 Å². The minimum absolute atomic E-state index is 0.127. The van der Waals surface area contributed by atoms with Crippen LogP contribution < -0.4 is 0 Å². The number of carbonyl (C=O) groups is 3. The SMILES string of the molecule is CN1C(=O)C2(C)CC(C)(C(=O)N3CCCCC3)CC(C)(C2)C1=O. The van der Waals surface area contributed by atoms with E-state index >= 15 is 0 Å². The Morgan fingerprint density at radius 2 is 1.35 bits per heavy atom. The quantitative estimate of drug-likeness (QED) is 0.696. The highest BCUT2D eigenvalue weighted by atomic mass is 16.2. The summed E-state index contributed by atoms with van der Waals surface area (Å²) in [6, 6.07) is 0. The smallest absolute Gasteiger partial charge is 0.234 e. The number of hydrogen-bond donors (Lipinski definition) is 0. The standard InChI is InChI=1S/C18H28N2O3/c1-16-10-17(2,14(22)19(4)13(16)21)12-18(3,11-16)15(23)20-8-6-5-7-9-20/h5-12H2,1-4H3. The van der Waals surface area contributed by atoms with Crippen molar-refractivity contribution in [2.45, 2.75) is 59.3 Å². The van der Waals surface area contributed by atoms with Crippen LogP contribution in [-0.2, 0) is 14.4 Å². The second-order valence-electron chi connectivity index (χ2n) is 8.73. The van der Waals surface area contributed by atoms with Gasteiger partial charge in [0.05, 0.1) is 0 Å². The van der Waals surface area contributed by atoms with Crippen LogP contribution in [0.3, 0.4) is 0 Å². The maximum Gasteiger partial charge on any atom is 0.234 e. The van der Waals surface area contributed by atoms with Gasteiger partial charge in [-0.3, -0.25) is 19.3 Å². The van der Waals surface area contributed by atoms with E-state index in [-0.39, 0.29) is 17.7 Å². The minimum Gasteiger partial charge on any atom is -0.342 e. The van der Waals surface area contributed by atoms with Gasteiger partial charge in [-0.25, -0.2) is 0 Å². The molecule has 1 aliphatic carbocycles. The van der Waals surface area contributed by atoms with Crippen LogP contribution in [0.25, 0.3) is 0 Å². The van der Waals surface area contributed by atoms with E-state index < -0.39 is 16.2 Å². The molecule has 0 aromatic heterocycles. The van der Waals surface area contributed by atoms with Gasteiger partial charge in [-0.1, -0.05) is 20.8 Å². The number of fused-ring (bicyclic) bond motifs is 2. The lowest BCUT2D eigenvalue weighted by Gasteiger charge is -2.56. The van der Waals surface area contributed by atoms with Crippen molar-refractivity contribution in [2.75, 3.05) is 20.1 Å². The molecule has 5 nitrogen and oxygen atoms in total. The first-order valence-corrected chi connectivity index (χ1v) is 8.73. The van der Waals surface area contributed by atoms with E-state index in [2.05, 4.69) is 0 Å². The van der Waals surface area contributed by atoms with Gasteiger partial charge >= 0.3 is 0 Å². The van der Waals surface area contributed by atoms with Crippen LogP contribution in [0.1, 0.15) is 59.3 Å². The molecular formula is C18H28N2O3. The lowest BCUT2D eigenvalue weighted by Crippen LogP contribution is -2.64. The molecular weight excluding hydrogens is 292 g/mol. The van der Waals surface area contributed by atoms with Crippen molar-refractivity contribution in [3.05, 3.63) is 0 Å². The highest BCUT2D eigenvalue weighted by Gasteiger charge is 2.62. The number of nitrogens with zero attached hydrogens (tertiary/aromatic N) is 2. The lowest BCUT2D eigenvalue weighted by atomic mass is 9.51. The predicted molar refractivity (Wildman–Crippen MR) is 86.4 cm³/mol. The van der Waals surface area contributed by atoms with Crippen LogP contribution in [0.15, 0.2) is 0 Å². The van der Waals surface area contributed by atoms with E-state index in [1.807, 2.05) is 25.7 Å². The number of hydrogen-bond acceptors (Lipinski definition) is 3. The Morgan fingerprint density at radius 1 is 0.870 bits per heavy atom. The molecule has 0 aromatic rings. The normalized spacial score (nSPS) is 41.2. The van der Waals surface area contributed by atoms with Crippen molar-refractivity contribution in [2.24, 2.45) is 16.2 Å². The molecule has 23 heavy (non-hydrogen) atoms. The third-order valence-electron chi connectivity index (χ3n) is 6.14. The summed E-state index contributed by atoms with van der Waals surface area (Å²) in [5.41, 5.74) is -1.85. The Balaban J connectivity index is 1.94. The van der Waals surface area contributed by atoms with Crippen LogP contribution in [0.4, 0.5) is 0 Å². The summed E-state index contributed by atoms with van der Waals surface area (Å²) in [6.45, 7) is 7.44. The molecule has 1 saturated carbocycles. The first-order chi connectivity index (χ1) is 10.6. The van der Waals surface area contributed by atoms with E-state index in [0.29, 0.717) is 19.3 Å². The molecule has 128 valence electrons. The van der Waals surface area contributed by atoms with Gasteiger partial charge in [0.1, 0.15) is 0 Å². The number of rotatable bonds is 1. The number of amides is 3. The lowest BCUT2D eigenvalue weighted by molar-refractivity contribution is -0.180. The van der Waals surface area contributed by atoms with Gasteiger partial charge in [-0.2, -0.15) is 0 Å². The molecule has 2 saturated heterocycles. The predicted octanol–water partition coefficient (Wildman–Crippen LogP) is 2.20. The monoisotopic (exact) mass is 320 g/mol. The molecule has 5 heteroatoms. The molecule has 3 amide bonds. The average molecular weight is 320 g/mol. The Labute approximate surface area is 138 Å². The summed E-state index contributed by atoms with van der Waals surface area (Å²) < 4.78 is 0. The Kier molecular flexibility index (Phi) is 3.62. The van der Waals surface area contributed by atoms with Crippen LogP contribution in [0, 0.1) is 16.2 Å². The third kappa shape index (κ3) is 2.39. The topological polar surface area (TPSA) is 57.7 Å². The van der Waals surface area contributed by atoms with Gasteiger partial charge in [0.25, 0.3) is 0 Å². The van der Waals surface area contributed by atoms with Crippen molar-refractivity contribution < 1.29 is 14.4 Å². The second-order valence-corrected chi connectivity index (χ2v) is 8.73. The summed E-state index contributed by atoms with van der Waals surface area (Å²) in [6.07, 6.45) is 4.93. The number of imide groups is 1. The zero-order valence-corrected chi connectivity index (χ0v) is 14.8. The largest absolute Gasteiger partial charge is 0.342 e. The number of carbonyl (C=O) groups excluding carboxylic acids is 3. The molecule has 3 aliphatic rings. The minimum atomic E-state index is -0.619. The van der Waals surface area contributed by atoms with Gasteiger partial charge < -0.3 is 4.90 Å². The van der Waals surface area contributed by atoms with Crippen LogP contribution in [0.2, 0.25) is 0 Å². The summed E-state index contributed by atoms with van der Waals surface area (Å²) in [5, 5.41) is 0. The fourth-order valence-corrected chi connectivity index (χ4v) is 5.61. The Bertz CT molecular complexity index is 537. The summed E-state index contributed by atoms with van der Waals surface area (Å²) >= 11 is 0. The number of piperidine rings is 2. The maximum atomic E-state index is 13.2. The molecule has 2 aliphatic heterocycles. The molecule has 3 rings (SSSR count). The van der Waals surface area contributed by atoms with Gasteiger partial charge in [-0.15, -0.1) is 0 Å². The van der Waals surface area contributed by atoms with Crippen molar-refractivity contribution in [1.82, 2.24) is 9.80 Å². The molecule has 2 unspecified atom stereocenters. The van der Waals surface area contributed by atoms with E-state index in [1.165, 1.54) is 11.3 Å². The van der Waals surface area contributed by atoms with Crippen molar-refractivity contribution in [1.29, 1.82) is 0 Å².